The van der Waals surface area contributed by atoms with Crippen molar-refractivity contribution in [2.24, 2.45) is 16.7 Å². The van der Waals surface area contributed by atoms with Crippen LogP contribution in [0.4, 0.5) is 4.39 Å². The van der Waals surface area contributed by atoms with Gasteiger partial charge in [0.15, 0.2) is 0 Å². The zero-order chi connectivity index (χ0) is 21.7. The fraction of sp³-hybridized carbons (Fsp3) is 0.741. The number of carbonyl (C=O) groups is 1. The molecule has 3 aliphatic carbocycles. The van der Waals surface area contributed by atoms with Crippen molar-refractivity contribution in [2.75, 3.05) is 6.67 Å². The predicted molar refractivity (Wildman–Crippen MR) is 123 cm³/mol. The van der Waals surface area contributed by atoms with E-state index >= 15 is 0 Å². The lowest BCUT2D eigenvalue weighted by atomic mass is 9.47. The van der Waals surface area contributed by atoms with E-state index in [9.17, 15) is 9.18 Å². The SMILES string of the molecule is CC1(C)CC2CC(c3ccccc3)(C1)C[C@@](C)(CCF)C2.O=CNC1CCCCC1. The van der Waals surface area contributed by atoms with Gasteiger partial charge in [0.1, 0.15) is 0 Å². The molecule has 3 atom stereocenters. The molecule has 4 rings (SSSR count). The molecule has 0 heterocycles. The number of amides is 1. The fourth-order valence-corrected chi connectivity index (χ4v) is 7.23. The first kappa shape index (κ1) is 23.3. The molecule has 2 nitrogen and oxygen atoms in total. The van der Waals surface area contributed by atoms with Crippen molar-refractivity contribution in [1.82, 2.24) is 5.32 Å². The van der Waals surface area contributed by atoms with Crippen molar-refractivity contribution in [3.05, 3.63) is 35.9 Å². The number of rotatable bonds is 5. The number of hydrogen-bond donors (Lipinski definition) is 1. The molecule has 1 amide bonds. The van der Waals surface area contributed by atoms with Crippen molar-refractivity contribution in [3.63, 3.8) is 0 Å². The standard InChI is InChI=1S/C20H29F.C7H13NO/c1-18(2)11-16-12-19(3,9-10-21)15-20(13-16,14-18)17-7-5-4-6-8-17;9-6-8-7-4-2-1-3-5-7/h4-8,16H,9-15H2,1-3H3;6-7H,1-5H2,(H,8,9)/t16?,19-,20?;/m0./s1. The second-order valence-electron chi connectivity index (χ2n) is 11.5. The van der Waals surface area contributed by atoms with Gasteiger partial charge in [-0.3, -0.25) is 9.18 Å². The zero-order valence-electron chi connectivity index (χ0n) is 19.4. The summed E-state index contributed by atoms with van der Waals surface area (Å²) in [4.78, 5) is 9.96. The summed E-state index contributed by atoms with van der Waals surface area (Å²) in [5, 5.41) is 2.80. The van der Waals surface area contributed by atoms with Crippen LogP contribution >= 0.6 is 0 Å². The molecule has 0 aliphatic heterocycles. The molecule has 2 bridgehead atoms. The van der Waals surface area contributed by atoms with Gasteiger partial charge in [0.05, 0.1) is 6.67 Å². The second kappa shape index (κ2) is 9.83. The number of halogens is 1. The molecule has 0 aromatic heterocycles. The Balaban J connectivity index is 0.000000239. The molecule has 0 spiro atoms. The fourth-order valence-electron chi connectivity index (χ4n) is 7.23. The van der Waals surface area contributed by atoms with Gasteiger partial charge in [-0.1, -0.05) is 70.4 Å². The van der Waals surface area contributed by atoms with Crippen LogP contribution in [0.1, 0.15) is 97.0 Å². The van der Waals surface area contributed by atoms with Gasteiger partial charge in [-0.2, -0.15) is 0 Å². The Kier molecular flexibility index (Phi) is 7.63. The Labute approximate surface area is 183 Å². The van der Waals surface area contributed by atoms with Crippen molar-refractivity contribution in [2.45, 2.75) is 103 Å². The highest BCUT2D eigenvalue weighted by Crippen LogP contribution is 2.61. The van der Waals surface area contributed by atoms with Gasteiger partial charge in [0, 0.05) is 6.04 Å². The van der Waals surface area contributed by atoms with Crippen LogP contribution in [0.15, 0.2) is 30.3 Å². The molecular formula is C27H42FNO. The molecular weight excluding hydrogens is 373 g/mol. The van der Waals surface area contributed by atoms with Crippen LogP contribution in [-0.2, 0) is 10.2 Å². The highest BCUT2D eigenvalue weighted by Gasteiger charge is 2.52. The van der Waals surface area contributed by atoms with Crippen molar-refractivity contribution >= 4 is 6.41 Å². The number of fused-ring (bicyclic) bond motifs is 2. The Morgan fingerprint density at radius 2 is 1.70 bits per heavy atom. The maximum atomic E-state index is 13.1. The van der Waals surface area contributed by atoms with E-state index in [1.54, 1.807) is 0 Å². The molecule has 0 saturated heterocycles. The lowest BCUT2D eigenvalue weighted by molar-refractivity contribution is -0.110. The summed E-state index contributed by atoms with van der Waals surface area (Å²) in [6.07, 6.45) is 14.1. The first-order valence-electron chi connectivity index (χ1n) is 12.1. The second-order valence-corrected chi connectivity index (χ2v) is 11.5. The van der Waals surface area contributed by atoms with E-state index < -0.39 is 0 Å². The van der Waals surface area contributed by atoms with Gasteiger partial charge >= 0.3 is 0 Å². The maximum absolute atomic E-state index is 13.1. The zero-order valence-corrected chi connectivity index (χ0v) is 19.4. The lowest BCUT2D eigenvalue weighted by Crippen LogP contribution is -2.49. The Morgan fingerprint density at radius 3 is 2.33 bits per heavy atom. The summed E-state index contributed by atoms with van der Waals surface area (Å²) in [7, 11) is 0. The van der Waals surface area contributed by atoms with Gasteiger partial charge in [0.25, 0.3) is 0 Å². The number of carbonyl (C=O) groups excluding carboxylic acids is 1. The molecule has 3 aliphatic rings. The molecule has 1 N–H and O–H groups in total. The molecule has 0 radical (unpaired) electrons. The average molecular weight is 416 g/mol. The Morgan fingerprint density at radius 1 is 1.00 bits per heavy atom. The van der Waals surface area contributed by atoms with Crippen molar-refractivity contribution < 1.29 is 9.18 Å². The van der Waals surface area contributed by atoms with Crippen LogP contribution in [0.5, 0.6) is 0 Å². The van der Waals surface area contributed by atoms with Crippen LogP contribution in [0, 0.1) is 16.7 Å². The Hall–Kier alpha value is -1.38. The molecule has 1 aromatic rings. The minimum atomic E-state index is -0.169. The minimum absolute atomic E-state index is 0.169. The summed E-state index contributed by atoms with van der Waals surface area (Å²) in [6.45, 7) is 7.01. The summed E-state index contributed by atoms with van der Waals surface area (Å²) in [6, 6.07) is 11.5. The first-order valence-corrected chi connectivity index (χ1v) is 12.1. The van der Waals surface area contributed by atoms with E-state index in [1.807, 2.05) is 0 Å². The largest absolute Gasteiger partial charge is 0.356 e. The van der Waals surface area contributed by atoms with Gasteiger partial charge in [-0.15, -0.1) is 0 Å². The summed E-state index contributed by atoms with van der Waals surface area (Å²) in [5.41, 5.74) is 2.36. The smallest absolute Gasteiger partial charge is 0.207 e. The van der Waals surface area contributed by atoms with Gasteiger partial charge < -0.3 is 5.32 Å². The third kappa shape index (κ3) is 5.86. The highest BCUT2D eigenvalue weighted by molar-refractivity contribution is 5.46. The predicted octanol–water partition coefficient (Wildman–Crippen LogP) is 6.98. The third-order valence-electron chi connectivity index (χ3n) is 7.88. The quantitative estimate of drug-likeness (QED) is 0.517. The summed E-state index contributed by atoms with van der Waals surface area (Å²) >= 11 is 0. The van der Waals surface area contributed by atoms with Gasteiger partial charge in [-0.25, -0.2) is 0 Å². The lowest BCUT2D eigenvalue weighted by Gasteiger charge is -2.57. The van der Waals surface area contributed by atoms with E-state index in [1.165, 1.54) is 63.4 Å². The topological polar surface area (TPSA) is 29.1 Å². The average Bonchev–Trinajstić information content (AvgIpc) is 2.68. The van der Waals surface area contributed by atoms with E-state index in [0.717, 1.165) is 25.2 Å². The maximum Gasteiger partial charge on any atom is 0.207 e. The Bertz CT molecular complexity index is 669. The van der Waals surface area contributed by atoms with Crippen LogP contribution < -0.4 is 5.32 Å². The van der Waals surface area contributed by atoms with Crippen LogP contribution in [0.2, 0.25) is 0 Å². The number of nitrogens with one attached hydrogen (secondary N) is 1. The monoisotopic (exact) mass is 415 g/mol. The summed E-state index contributed by atoms with van der Waals surface area (Å²) in [5.74, 6) is 0.763. The molecule has 2 unspecified atom stereocenters. The van der Waals surface area contributed by atoms with Crippen LogP contribution in [0.3, 0.4) is 0 Å². The molecule has 168 valence electrons. The van der Waals surface area contributed by atoms with Crippen LogP contribution in [-0.4, -0.2) is 19.1 Å². The van der Waals surface area contributed by atoms with E-state index in [0.29, 0.717) is 11.5 Å². The minimum Gasteiger partial charge on any atom is -0.356 e. The normalized spacial score (nSPS) is 33.1. The third-order valence-corrected chi connectivity index (χ3v) is 7.88. The molecule has 1 aromatic carbocycles. The first-order chi connectivity index (χ1) is 14.3. The van der Waals surface area contributed by atoms with Crippen LogP contribution in [0.25, 0.3) is 0 Å². The van der Waals surface area contributed by atoms with E-state index in [4.69, 9.17) is 0 Å². The number of benzene rings is 1. The molecule has 3 heteroatoms. The highest BCUT2D eigenvalue weighted by atomic mass is 19.1. The molecule has 3 fully saturated rings. The van der Waals surface area contributed by atoms with E-state index in [2.05, 4.69) is 56.4 Å². The van der Waals surface area contributed by atoms with Crippen molar-refractivity contribution in [3.8, 4) is 0 Å². The van der Waals surface area contributed by atoms with Gasteiger partial charge in [0.2, 0.25) is 6.41 Å². The van der Waals surface area contributed by atoms with Crippen molar-refractivity contribution in [1.29, 1.82) is 0 Å². The molecule has 30 heavy (non-hydrogen) atoms. The number of hydrogen-bond acceptors (Lipinski definition) is 1. The van der Waals surface area contributed by atoms with Gasteiger partial charge in [-0.05, 0) is 79.1 Å². The number of alkyl halides is 1. The van der Waals surface area contributed by atoms with E-state index in [-0.39, 0.29) is 17.5 Å². The molecule has 3 saturated carbocycles. The summed E-state index contributed by atoms with van der Waals surface area (Å²) < 4.78 is 13.1.